The van der Waals surface area contributed by atoms with Gasteiger partial charge in [0.15, 0.2) is 4.90 Å². The summed E-state index contributed by atoms with van der Waals surface area (Å²) < 4.78 is 12.0. The lowest BCUT2D eigenvalue weighted by Crippen LogP contribution is -2.26. The van der Waals surface area contributed by atoms with Crippen molar-refractivity contribution in [3.63, 3.8) is 0 Å². The molecule has 3 nitrogen and oxygen atoms in total. The summed E-state index contributed by atoms with van der Waals surface area (Å²) in [5.41, 5.74) is 5.52. The van der Waals surface area contributed by atoms with Crippen molar-refractivity contribution in [2.24, 2.45) is 5.73 Å². The van der Waals surface area contributed by atoms with Crippen LogP contribution in [0.4, 0.5) is 0 Å². The smallest absolute Gasteiger partial charge is 0.153 e. The first-order valence-electron chi connectivity index (χ1n) is 6.98. The summed E-state index contributed by atoms with van der Waals surface area (Å²) in [4.78, 5) is 0.758. The van der Waals surface area contributed by atoms with Gasteiger partial charge in [-0.1, -0.05) is 38.8 Å². The standard InChI is InChI=1S/C15H25NO2S/c1-3-8-15(17,9-4-2)13-6-5-7-14(12-13)19(18)11-10-16/h5-7,12,17H,3-4,8-11,16H2,1-2H3. The van der Waals surface area contributed by atoms with E-state index in [-0.39, 0.29) is 0 Å². The minimum Gasteiger partial charge on any atom is -0.611 e. The fraction of sp³-hybridized carbons (Fsp3) is 0.600. The average molecular weight is 283 g/mol. The van der Waals surface area contributed by atoms with Crippen LogP contribution < -0.4 is 5.73 Å². The molecule has 0 aromatic heterocycles. The van der Waals surface area contributed by atoms with Crippen LogP contribution in [0.3, 0.4) is 0 Å². The fourth-order valence-corrected chi connectivity index (χ4v) is 3.33. The van der Waals surface area contributed by atoms with Gasteiger partial charge in [-0.3, -0.25) is 0 Å². The number of rotatable bonds is 8. The van der Waals surface area contributed by atoms with Crippen LogP contribution in [-0.2, 0) is 16.8 Å². The summed E-state index contributed by atoms with van der Waals surface area (Å²) in [5.74, 6) is 0.462. The Morgan fingerprint density at radius 1 is 1.26 bits per heavy atom. The lowest BCUT2D eigenvalue weighted by atomic mass is 9.85. The van der Waals surface area contributed by atoms with Gasteiger partial charge in [0.05, 0.1) is 5.60 Å². The van der Waals surface area contributed by atoms with Gasteiger partial charge in [-0.05, 0) is 41.7 Å². The highest BCUT2D eigenvalue weighted by molar-refractivity contribution is 7.91. The molecule has 0 aliphatic heterocycles. The van der Waals surface area contributed by atoms with Gasteiger partial charge in [0.25, 0.3) is 0 Å². The highest BCUT2D eigenvalue weighted by atomic mass is 32.2. The van der Waals surface area contributed by atoms with Crippen molar-refractivity contribution in [3.8, 4) is 0 Å². The van der Waals surface area contributed by atoms with E-state index in [1.165, 1.54) is 0 Å². The van der Waals surface area contributed by atoms with Crippen LogP contribution in [0.15, 0.2) is 29.2 Å². The van der Waals surface area contributed by atoms with Gasteiger partial charge in [0, 0.05) is 6.54 Å². The summed E-state index contributed by atoms with van der Waals surface area (Å²) in [6.45, 7) is 4.54. The third-order valence-corrected chi connectivity index (χ3v) is 4.65. The first-order valence-corrected chi connectivity index (χ1v) is 8.30. The number of benzene rings is 1. The lowest BCUT2D eigenvalue weighted by Gasteiger charge is -2.28. The largest absolute Gasteiger partial charge is 0.611 e. The van der Waals surface area contributed by atoms with E-state index in [1.807, 2.05) is 24.3 Å². The molecular weight excluding hydrogens is 258 g/mol. The number of nitrogens with two attached hydrogens (primary N) is 1. The minimum absolute atomic E-state index is 0.408. The second-order valence-electron chi connectivity index (χ2n) is 4.90. The van der Waals surface area contributed by atoms with Crippen LogP contribution in [0.5, 0.6) is 0 Å². The van der Waals surface area contributed by atoms with E-state index in [0.717, 1.165) is 36.1 Å². The normalized spacial score (nSPS) is 13.5. The van der Waals surface area contributed by atoms with E-state index in [9.17, 15) is 9.66 Å². The molecule has 4 heteroatoms. The van der Waals surface area contributed by atoms with Crippen molar-refractivity contribution >= 4 is 11.2 Å². The van der Waals surface area contributed by atoms with E-state index < -0.39 is 16.8 Å². The lowest BCUT2D eigenvalue weighted by molar-refractivity contribution is 0.0168. The summed E-state index contributed by atoms with van der Waals surface area (Å²) in [6, 6.07) is 7.51. The molecule has 1 atom stereocenters. The van der Waals surface area contributed by atoms with E-state index in [0.29, 0.717) is 12.3 Å². The number of hydrogen-bond donors (Lipinski definition) is 2. The Morgan fingerprint density at radius 2 is 1.89 bits per heavy atom. The molecule has 0 saturated carbocycles. The molecule has 108 valence electrons. The summed E-state index contributed by atoms with van der Waals surface area (Å²) in [7, 11) is 0. The van der Waals surface area contributed by atoms with E-state index in [4.69, 9.17) is 5.73 Å². The second kappa shape index (κ2) is 7.90. The molecule has 0 heterocycles. The molecule has 0 aliphatic carbocycles. The fourth-order valence-electron chi connectivity index (χ4n) is 2.39. The molecule has 0 spiro atoms. The Bertz CT molecular complexity index is 378. The van der Waals surface area contributed by atoms with Crippen molar-refractivity contribution in [1.29, 1.82) is 0 Å². The predicted octanol–water partition coefficient (Wildman–Crippen LogP) is 2.54. The Balaban J connectivity index is 3.01. The van der Waals surface area contributed by atoms with Gasteiger partial charge < -0.3 is 15.4 Å². The van der Waals surface area contributed by atoms with Crippen LogP contribution >= 0.6 is 0 Å². The van der Waals surface area contributed by atoms with Crippen molar-refractivity contribution in [2.45, 2.75) is 50.0 Å². The molecule has 1 aromatic carbocycles. The molecular formula is C15H25NO2S. The zero-order chi connectivity index (χ0) is 14.3. The van der Waals surface area contributed by atoms with Crippen molar-refractivity contribution < 1.29 is 9.66 Å². The zero-order valence-corrected chi connectivity index (χ0v) is 12.7. The summed E-state index contributed by atoms with van der Waals surface area (Å²) >= 11 is -1.07. The third-order valence-electron chi connectivity index (χ3n) is 3.26. The van der Waals surface area contributed by atoms with E-state index >= 15 is 0 Å². The van der Waals surface area contributed by atoms with E-state index in [2.05, 4.69) is 13.8 Å². The molecule has 0 fully saturated rings. The monoisotopic (exact) mass is 283 g/mol. The highest BCUT2D eigenvalue weighted by Crippen LogP contribution is 2.32. The highest BCUT2D eigenvalue weighted by Gasteiger charge is 2.28. The van der Waals surface area contributed by atoms with Crippen LogP contribution in [0.25, 0.3) is 0 Å². The molecule has 1 aromatic rings. The SMILES string of the molecule is CCCC(O)(CCC)c1cccc([S+]([O-])CCN)c1. The molecule has 3 N–H and O–H groups in total. The minimum atomic E-state index is -1.07. The number of aliphatic hydroxyl groups is 1. The quantitative estimate of drug-likeness (QED) is 0.720. The van der Waals surface area contributed by atoms with E-state index in [1.54, 1.807) is 0 Å². The Labute approximate surface area is 119 Å². The van der Waals surface area contributed by atoms with Crippen LogP contribution in [0, 0.1) is 0 Å². The first kappa shape index (κ1) is 16.5. The van der Waals surface area contributed by atoms with Gasteiger partial charge in [0.1, 0.15) is 5.75 Å². The Morgan fingerprint density at radius 3 is 2.42 bits per heavy atom. The van der Waals surface area contributed by atoms with Crippen LogP contribution in [0.1, 0.15) is 45.1 Å². The molecule has 19 heavy (non-hydrogen) atoms. The Hall–Kier alpha value is -0.550. The molecule has 0 radical (unpaired) electrons. The van der Waals surface area contributed by atoms with Gasteiger partial charge in [0.2, 0.25) is 0 Å². The topological polar surface area (TPSA) is 69.3 Å². The molecule has 0 aliphatic rings. The molecule has 0 amide bonds. The van der Waals surface area contributed by atoms with Gasteiger partial charge in [-0.2, -0.15) is 0 Å². The maximum Gasteiger partial charge on any atom is 0.153 e. The summed E-state index contributed by atoms with van der Waals surface area (Å²) in [5, 5.41) is 10.8. The molecule has 0 saturated heterocycles. The van der Waals surface area contributed by atoms with Crippen LogP contribution in [-0.4, -0.2) is 22.0 Å². The van der Waals surface area contributed by atoms with Crippen molar-refractivity contribution in [2.75, 3.05) is 12.3 Å². The average Bonchev–Trinajstić information content (AvgIpc) is 2.40. The molecule has 0 bridgehead atoms. The predicted molar refractivity (Wildman–Crippen MR) is 80.5 cm³/mol. The van der Waals surface area contributed by atoms with Crippen molar-refractivity contribution in [3.05, 3.63) is 29.8 Å². The Kier molecular flexibility index (Phi) is 6.86. The van der Waals surface area contributed by atoms with Crippen molar-refractivity contribution in [1.82, 2.24) is 0 Å². The number of hydrogen-bond acceptors (Lipinski definition) is 3. The van der Waals surface area contributed by atoms with Gasteiger partial charge in [-0.25, -0.2) is 0 Å². The van der Waals surface area contributed by atoms with Gasteiger partial charge in [-0.15, -0.1) is 0 Å². The second-order valence-corrected chi connectivity index (χ2v) is 6.47. The van der Waals surface area contributed by atoms with Crippen LogP contribution in [0.2, 0.25) is 0 Å². The summed E-state index contributed by atoms with van der Waals surface area (Å²) in [6.07, 6.45) is 3.31. The maximum atomic E-state index is 12.0. The third kappa shape index (κ3) is 4.49. The molecule has 1 rings (SSSR count). The molecule has 1 unspecified atom stereocenters. The van der Waals surface area contributed by atoms with Gasteiger partial charge >= 0.3 is 0 Å². The zero-order valence-electron chi connectivity index (χ0n) is 11.9. The maximum absolute atomic E-state index is 12.0. The first-order chi connectivity index (χ1) is 9.07.